The summed E-state index contributed by atoms with van der Waals surface area (Å²) in [5, 5.41) is 13.1. The number of aromatic nitrogens is 4. The first-order valence-corrected chi connectivity index (χ1v) is 6.65. The first-order chi connectivity index (χ1) is 10.8. The molecule has 0 fully saturated rings. The maximum absolute atomic E-state index is 12.8. The molecule has 0 aliphatic rings. The number of halogens is 3. The molecule has 0 saturated carbocycles. The second-order valence-electron chi connectivity index (χ2n) is 5.08. The van der Waals surface area contributed by atoms with Gasteiger partial charge in [-0.15, -0.1) is 0 Å². The van der Waals surface area contributed by atoms with E-state index in [0.717, 1.165) is 12.1 Å². The Balaban J connectivity index is 1.83. The highest BCUT2D eigenvalue weighted by Gasteiger charge is 2.31. The van der Waals surface area contributed by atoms with Crippen LogP contribution in [0.15, 0.2) is 30.6 Å². The van der Waals surface area contributed by atoms with Gasteiger partial charge in [0.1, 0.15) is 0 Å². The van der Waals surface area contributed by atoms with Crippen molar-refractivity contribution in [1.82, 2.24) is 20.0 Å². The van der Waals surface area contributed by atoms with E-state index in [9.17, 15) is 18.0 Å². The quantitative estimate of drug-likeness (QED) is 0.777. The first-order valence-electron chi connectivity index (χ1n) is 6.65. The number of fused-ring (bicyclic) bond motifs is 1. The minimum Gasteiger partial charge on any atom is -0.308 e. The summed E-state index contributed by atoms with van der Waals surface area (Å²) in [7, 11) is 1.72. The Kier molecular flexibility index (Phi) is 3.55. The molecule has 23 heavy (non-hydrogen) atoms. The second kappa shape index (κ2) is 5.41. The van der Waals surface area contributed by atoms with E-state index in [0.29, 0.717) is 11.1 Å². The molecule has 2 aromatic heterocycles. The van der Waals surface area contributed by atoms with Crippen molar-refractivity contribution >= 4 is 22.6 Å². The number of amides is 1. The number of carbonyl (C=O) groups excluding carboxylic acids is 1. The lowest BCUT2D eigenvalue weighted by atomic mass is 10.1. The Bertz CT molecular complexity index is 865. The summed E-state index contributed by atoms with van der Waals surface area (Å²) in [5.41, 5.74) is 0.310. The maximum Gasteiger partial charge on any atom is 0.416 e. The van der Waals surface area contributed by atoms with Crippen LogP contribution in [0.2, 0.25) is 0 Å². The van der Waals surface area contributed by atoms with Gasteiger partial charge in [-0.05, 0) is 23.8 Å². The number of alkyl halides is 3. The third-order valence-corrected chi connectivity index (χ3v) is 3.27. The first kappa shape index (κ1) is 15.1. The van der Waals surface area contributed by atoms with Crippen LogP contribution >= 0.6 is 0 Å². The van der Waals surface area contributed by atoms with Gasteiger partial charge in [-0.2, -0.15) is 23.4 Å². The van der Waals surface area contributed by atoms with E-state index in [1.54, 1.807) is 24.1 Å². The Morgan fingerprint density at radius 2 is 2.17 bits per heavy atom. The molecule has 0 atom stereocenters. The van der Waals surface area contributed by atoms with Gasteiger partial charge in [0.2, 0.25) is 5.91 Å². The van der Waals surface area contributed by atoms with Gasteiger partial charge in [-0.1, -0.05) is 0 Å². The van der Waals surface area contributed by atoms with Gasteiger partial charge in [0.15, 0.2) is 5.82 Å². The van der Waals surface area contributed by atoms with Gasteiger partial charge in [0.25, 0.3) is 0 Å². The van der Waals surface area contributed by atoms with Crippen molar-refractivity contribution < 1.29 is 18.0 Å². The second-order valence-corrected chi connectivity index (χ2v) is 5.08. The van der Waals surface area contributed by atoms with Gasteiger partial charge in [-0.25, -0.2) is 0 Å². The molecule has 120 valence electrons. The molecule has 6 nitrogen and oxygen atoms in total. The summed E-state index contributed by atoms with van der Waals surface area (Å²) in [6.45, 7) is 0. The largest absolute Gasteiger partial charge is 0.416 e. The fraction of sp³-hybridized carbons (Fsp3) is 0.214. The van der Waals surface area contributed by atoms with Crippen molar-refractivity contribution in [2.24, 2.45) is 7.05 Å². The minimum absolute atomic E-state index is 0.0567. The average Bonchev–Trinajstić information content (AvgIpc) is 3.04. The number of rotatable bonds is 3. The number of carbonyl (C=O) groups is 1. The number of hydrogen-bond donors (Lipinski definition) is 2. The molecule has 3 aromatic rings. The van der Waals surface area contributed by atoms with Gasteiger partial charge in [0.05, 0.1) is 23.7 Å². The highest BCUT2D eigenvalue weighted by molar-refractivity contribution is 6.00. The zero-order chi connectivity index (χ0) is 16.6. The van der Waals surface area contributed by atoms with Crippen LogP contribution in [0.3, 0.4) is 0 Å². The topological polar surface area (TPSA) is 75.6 Å². The smallest absolute Gasteiger partial charge is 0.308 e. The van der Waals surface area contributed by atoms with Crippen LogP contribution in [0.5, 0.6) is 0 Å². The Hall–Kier alpha value is -2.84. The molecular formula is C14H12F3N5O. The van der Waals surface area contributed by atoms with Gasteiger partial charge >= 0.3 is 6.18 Å². The number of H-pyrrole nitrogens is 1. The molecule has 2 N–H and O–H groups in total. The van der Waals surface area contributed by atoms with E-state index in [1.807, 2.05) is 0 Å². The number of anilines is 1. The van der Waals surface area contributed by atoms with Gasteiger partial charge < -0.3 is 5.32 Å². The Labute approximate surface area is 128 Å². The van der Waals surface area contributed by atoms with Gasteiger partial charge in [-0.3, -0.25) is 14.6 Å². The summed E-state index contributed by atoms with van der Waals surface area (Å²) >= 11 is 0. The maximum atomic E-state index is 12.8. The van der Waals surface area contributed by atoms with E-state index in [1.165, 1.54) is 6.07 Å². The number of benzene rings is 1. The predicted octanol–water partition coefficient (Wildman–Crippen LogP) is 2.50. The van der Waals surface area contributed by atoms with E-state index < -0.39 is 11.7 Å². The molecule has 0 aliphatic heterocycles. The molecule has 2 heterocycles. The zero-order valence-electron chi connectivity index (χ0n) is 12.0. The Morgan fingerprint density at radius 3 is 2.83 bits per heavy atom. The molecule has 0 radical (unpaired) electrons. The van der Waals surface area contributed by atoms with Crippen molar-refractivity contribution in [3.63, 3.8) is 0 Å². The van der Waals surface area contributed by atoms with Crippen molar-refractivity contribution in [2.75, 3.05) is 5.32 Å². The van der Waals surface area contributed by atoms with Crippen LogP contribution < -0.4 is 5.32 Å². The standard InChI is InChI=1S/C14H12F3N5O/c1-22-7-8(6-18-22)4-12(23)19-13-10-5-9(14(15,16)17)2-3-11(10)20-21-13/h2-3,5-7H,4H2,1H3,(H2,19,20,21,23). The lowest BCUT2D eigenvalue weighted by Gasteiger charge is -2.06. The summed E-state index contributed by atoms with van der Waals surface area (Å²) in [5.74, 6) is -0.316. The molecule has 0 unspecified atom stereocenters. The highest BCUT2D eigenvalue weighted by atomic mass is 19.4. The normalized spacial score (nSPS) is 11.8. The van der Waals surface area contributed by atoms with Crippen molar-refractivity contribution in [3.05, 3.63) is 41.7 Å². The number of aryl methyl sites for hydroxylation is 1. The molecule has 0 spiro atoms. The predicted molar refractivity (Wildman–Crippen MR) is 76.6 cm³/mol. The van der Waals surface area contributed by atoms with Crippen LogP contribution in [0.25, 0.3) is 10.9 Å². The van der Waals surface area contributed by atoms with E-state index >= 15 is 0 Å². The zero-order valence-corrected chi connectivity index (χ0v) is 12.0. The molecule has 1 amide bonds. The van der Waals surface area contributed by atoms with Gasteiger partial charge in [0, 0.05) is 18.6 Å². The number of hydrogen-bond acceptors (Lipinski definition) is 3. The third-order valence-electron chi connectivity index (χ3n) is 3.27. The minimum atomic E-state index is -4.46. The molecule has 1 aromatic carbocycles. The summed E-state index contributed by atoms with van der Waals surface area (Å²) in [6.07, 6.45) is -1.17. The molecule has 0 bridgehead atoms. The number of aromatic amines is 1. The number of nitrogens with zero attached hydrogens (tertiary/aromatic N) is 3. The molecular weight excluding hydrogens is 311 g/mol. The lowest BCUT2D eigenvalue weighted by Crippen LogP contribution is -2.14. The van der Waals surface area contributed by atoms with E-state index in [4.69, 9.17) is 0 Å². The van der Waals surface area contributed by atoms with Crippen LogP contribution in [-0.2, 0) is 24.4 Å². The summed E-state index contributed by atoms with van der Waals surface area (Å²) in [4.78, 5) is 12.0. The molecule has 9 heteroatoms. The monoisotopic (exact) mass is 323 g/mol. The molecule has 0 saturated heterocycles. The van der Waals surface area contributed by atoms with Crippen LogP contribution in [0, 0.1) is 0 Å². The summed E-state index contributed by atoms with van der Waals surface area (Å²) < 4.78 is 39.9. The van der Waals surface area contributed by atoms with Crippen LogP contribution in [0.4, 0.5) is 19.0 Å². The lowest BCUT2D eigenvalue weighted by molar-refractivity contribution is -0.137. The SMILES string of the molecule is Cn1cc(CC(=O)Nc2n[nH]c3ccc(C(F)(F)F)cc23)cn1. The average molecular weight is 323 g/mol. The third kappa shape index (κ3) is 3.17. The van der Waals surface area contributed by atoms with Crippen LogP contribution in [-0.4, -0.2) is 25.9 Å². The van der Waals surface area contributed by atoms with Crippen molar-refractivity contribution in [1.29, 1.82) is 0 Å². The molecule has 0 aliphatic carbocycles. The Morgan fingerprint density at radius 1 is 1.39 bits per heavy atom. The highest BCUT2D eigenvalue weighted by Crippen LogP contribution is 2.32. The van der Waals surface area contributed by atoms with E-state index in [-0.39, 0.29) is 23.5 Å². The van der Waals surface area contributed by atoms with Crippen molar-refractivity contribution in [3.8, 4) is 0 Å². The fourth-order valence-corrected chi connectivity index (χ4v) is 2.21. The number of nitrogens with one attached hydrogen (secondary N) is 2. The van der Waals surface area contributed by atoms with Crippen molar-refractivity contribution in [2.45, 2.75) is 12.6 Å². The molecule has 3 rings (SSSR count). The van der Waals surface area contributed by atoms with E-state index in [2.05, 4.69) is 20.6 Å². The summed E-state index contributed by atoms with van der Waals surface area (Å²) in [6, 6.07) is 3.20. The van der Waals surface area contributed by atoms with Crippen LogP contribution in [0.1, 0.15) is 11.1 Å². The fourth-order valence-electron chi connectivity index (χ4n) is 2.21.